The number of carbonyl (C=O) groups excluding carboxylic acids is 4. The number of rotatable bonds is 6. The Hall–Kier alpha value is -3.68. The molecule has 2 amide bonds. The number of hydrogen-bond donors (Lipinski definition) is 1. The fourth-order valence-corrected chi connectivity index (χ4v) is 3.18. The van der Waals surface area contributed by atoms with Gasteiger partial charge in [-0.15, -0.1) is 0 Å². The molecule has 2 aromatic carbocycles. The molecule has 0 bridgehead atoms. The Morgan fingerprint density at radius 2 is 1.81 bits per heavy atom. The summed E-state index contributed by atoms with van der Waals surface area (Å²) in [6.45, 7) is 6.30. The summed E-state index contributed by atoms with van der Waals surface area (Å²) in [5.74, 6) is -1.09. The van der Waals surface area contributed by atoms with Gasteiger partial charge >= 0.3 is 5.97 Å². The molecule has 3 rings (SSSR count). The average Bonchev–Trinajstić information content (AvgIpc) is 2.72. The lowest BCUT2D eigenvalue weighted by Crippen LogP contribution is -2.49. The smallest absolute Gasteiger partial charge is 0.338 e. The Labute approximate surface area is 180 Å². The Kier molecular flexibility index (Phi) is 6.39. The van der Waals surface area contributed by atoms with Crippen LogP contribution in [0, 0.1) is 0 Å². The van der Waals surface area contributed by atoms with Gasteiger partial charge in [-0.2, -0.15) is 0 Å². The van der Waals surface area contributed by atoms with E-state index in [1.54, 1.807) is 57.2 Å². The largest absolute Gasteiger partial charge is 0.482 e. The van der Waals surface area contributed by atoms with Gasteiger partial charge in [0.2, 0.25) is 5.91 Å². The highest BCUT2D eigenvalue weighted by atomic mass is 16.5. The monoisotopic (exact) mass is 424 g/mol. The number of ether oxygens (including phenoxy) is 2. The van der Waals surface area contributed by atoms with E-state index < -0.39 is 23.8 Å². The van der Waals surface area contributed by atoms with Crippen molar-refractivity contribution in [1.82, 2.24) is 0 Å². The first kappa shape index (κ1) is 22.0. The van der Waals surface area contributed by atoms with Gasteiger partial charge in [0.1, 0.15) is 11.8 Å². The zero-order valence-electron chi connectivity index (χ0n) is 17.8. The first-order valence-corrected chi connectivity index (χ1v) is 9.89. The van der Waals surface area contributed by atoms with Crippen molar-refractivity contribution in [1.29, 1.82) is 0 Å². The summed E-state index contributed by atoms with van der Waals surface area (Å²) in [5, 5.41) is 2.73. The quantitative estimate of drug-likeness (QED) is 0.564. The van der Waals surface area contributed by atoms with Crippen molar-refractivity contribution in [2.45, 2.75) is 39.8 Å². The molecule has 8 heteroatoms. The topological polar surface area (TPSA) is 102 Å². The lowest BCUT2D eigenvalue weighted by atomic mass is 10.1. The van der Waals surface area contributed by atoms with Crippen LogP contribution in [0.15, 0.2) is 42.5 Å². The Morgan fingerprint density at radius 1 is 1.06 bits per heavy atom. The van der Waals surface area contributed by atoms with Crippen LogP contribution in [-0.2, 0) is 14.3 Å². The lowest BCUT2D eigenvalue weighted by Gasteiger charge is -2.33. The maximum absolute atomic E-state index is 12.9. The molecule has 1 atom stereocenters. The van der Waals surface area contributed by atoms with Gasteiger partial charge in [-0.05, 0) is 64.1 Å². The normalized spacial score (nSPS) is 13.8. The molecule has 0 saturated carbocycles. The SMILES string of the molecule is CC(=O)c1ccc2c(c1)N(C(C)C(=O)Nc1cccc(C(=O)OC(C)C)c1)C(=O)CO2. The molecule has 1 unspecified atom stereocenters. The summed E-state index contributed by atoms with van der Waals surface area (Å²) < 4.78 is 10.6. The molecule has 1 N–H and O–H groups in total. The third-order valence-corrected chi connectivity index (χ3v) is 4.72. The number of Topliss-reactive ketones (excluding diaryl/α,β-unsaturated/α-hetero) is 1. The molecule has 162 valence electrons. The van der Waals surface area contributed by atoms with E-state index >= 15 is 0 Å². The van der Waals surface area contributed by atoms with Crippen LogP contribution in [0.2, 0.25) is 0 Å². The number of esters is 1. The van der Waals surface area contributed by atoms with Gasteiger partial charge in [0, 0.05) is 11.3 Å². The number of hydrogen-bond acceptors (Lipinski definition) is 6. The minimum Gasteiger partial charge on any atom is -0.482 e. The van der Waals surface area contributed by atoms with Crippen LogP contribution < -0.4 is 15.0 Å². The number of anilines is 2. The number of benzene rings is 2. The first-order valence-electron chi connectivity index (χ1n) is 9.89. The summed E-state index contributed by atoms with van der Waals surface area (Å²) in [7, 11) is 0. The average molecular weight is 424 g/mol. The maximum atomic E-state index is 12.9. The molecule has 0 fully saturated rings. The highest BCUT2D eigenvalue weighted by Crippen LogP contribution is 2.34. The van der Waals surface area contributed by atoms with Crippen LogP contribution in [0.25, 0.3) is 0 Å². The number of fused-ring (bicyclic) bond motifs is 1. The van der Waals surface area contributed by atoms with Crippen LogP contribution >= 0.6 is 0 Å². The second-order valence-electron chi connectivity index (χ2n) is 7.49. The van der Waals surface area contributed by atoms with Crippen molar-refractivity contribution in [2.75, 3.05) is 16.8 Å². The molecule has 0 saturated heterocycles. The van der Waals surface area contributed by atoms with Crippen LogP contribution in [0.1, 0.15) is 48.4 Å². The van der Waals surface area contributed by atoms with E-state index in [9.17, 15) is 19.2 Å². The lowest BCUT2D eigenvalue weighted by molar-refractivity contribution is -0.125. The number of amides is 2. The van der Waals surface area contributed by atoms with Crippen molar-refractivity contribution in [2.24, 2.45) is 0 Å². The summed E-state index contributed by atoms with van der Waals surface area (Å²) in [5.41, 5.74) is 1.47. The number of ketones is 1. The van der Waals surface area contributed by atoms with E-state index in [4.69, 9.17) is 9.47 Å². The fourth-order valence-electron chi connectivity index (χ4n) is 3.18. The van der Waals surface area contributed by atoms with Gasteiger partial charge in [-0.3, -0.25) is 19.3 Å². The Morgan fingerprint density at radius 3 is 2.48 bits per heavy atom. The standard InChI is InChI=1S/C23H24N2O6/c1-13(2)31-23(29)17-6-5-7-18(10-17)24-22(28)14(3)25-19-11-16(15(4)26)8-9-20(19)30-12-21(25)27/h5-11,13-14H,12H2,1-4H3,(H,24,28). The first-order chi connectivity index (χ1) is 14.7. The van der Waals surface area contributed by atoms with Gasteiger partial charge in [-0.25, -0.2) is 4.79 Å². The van der Waals surface area contributed by atoms with Crippen molar-refractivity contribution < 1.29 is 28.7 Å². The van der Waals surface area contributed by atoms with Crippen molar-refractivity contribution in [3.8, 4) is 5.75 Å². The van der Waals surface area contributed by atoms with E-state index in [-0.39, 0.29) is 18.5 Å². The van der Waals surface area contributed by atoms with Gasteiger partial charge in [0.25, 0.3) is 5.91 Å². The van der Waals surface area contributed by atoms with E-state index in [0.717, 1.165) is 0 Å². The molecule has 0 spiro atoms. The minimum absolute atomic E-state index is 0.164. The van der Waals surface area contributed by atoms with Crippen molar-refractivity contribution in [3.63, 3.8) is 0 Å². The summed E-state index contributed by atoms with van der Waals surface area (Å²) >= 11 is 0. The van der Waals surface area contributed by atoms with Crippen LogP contribution in [0.4, 0.5) is 11.4 Å². The van der Waals surface area contributed by atoms with Gasteiger partial charge in [-0.1, -0.05) is 6.07 Å². The summed E-state index contributed by atoms with van der Waals surface area (Å²) in [6, 6.07) is 10.3. The molecular formula is C23H24N2O6. The minimum atomic E-state index is -0.886. The summed E-state index contributed by atoms with van der Waals surface area (Å²) in [4.78, 5) is 50.7. The number of nitrogens with one attached hydrogen (secondary N) is 1. The fraction of sp³-hybridized carbons (Fsp3) is 0.304. The Balaban J connectivity index is 1.82. The Bertz CT molecular complexity index is 1050. The molecular weight excluding hydrogens is 400 g/mol. The molecule has 1 heterocycles. The second-order valence-corrected chi connectivity index (χ2v) is 7.49. The zero-order valence-corrected chi connectivity index (χ0v) is 17.8. The van der Waals surface area contributed by atoms with Crippen molar-refractivity contribution >= 4 is 34.9 Å². The van der Waals surface area contributed by atoms with E-state index in [1.165, 1.54) is 17.9 Å². The second kappa shape index (κ2) is 8.99. The molecule has 0 aliphatic carbocycles. The predicted octanol–water partition coefficient (Wildman–Crippen LogP) is 3.21. The maximum Gasteiger partial charge on any atom is 0.338 e. The molecule has 0 aromatic heterocycles. The highest BCUT2D eigenvalue weighted by molar-refractivity contribution is 6.08. The third-order valence-electron chi connectivity index (χ3n) is 4.72. The predicted molar refractivity (Wildman–Crippen MR) is 115 cm³/mol. The van der Waals surface area contributed by atoms with Gasteiger partial charge in [0.15, 0.2) is 12.4 Å². The molecule has 31 heavy (non-hydrogen) atoms. The molecule has 2 aromatic rings. The molecule has 1 aliphatic heterocycles. The van der Waals surface area contributed by atoms with Gasteiger partial charge in [0.05, 0.1) is 17.4 Å². The van der Waals surface area contributed by atoms with E-state index in [1.807, 2.05) is 0 Å². The zero-order chi connectivity index (χ0) is 22.7. The molecule has 8 nitrogen and oxygen atoms in total. The van der Waals surface area contributed by atoms with Gasteiger partial charge < -0.3 is 14.8 Å². The van der Waals surface area contributed by atoms with Crippen LogP contribution in [0.3, 0.4) is 0 Å². The molecule has 1 aliphatic rings. The van der Waals surface area contributed by atoms with Crippen LogP contribution in [0.5, 0.6) is 5.75 Å². The van der Waals surface area contributed by atoms with E-state index in [0.29, 0.717) is 28.3 Å². The molecule has 0 radical (unpaired) electrons. The number of carbonyl (C=O) groups is 4. The third kappa shape index (κ3) is 4.91. The van der Waals surface area contributed by atoms with E-state index in [2.05, 4.69) is 5.32 Å². The van der Waals surface area contributed by atoms with Crippen molar-refractivity contribution in [3.05, 3.63) is 53.6 Å². The number of nitrogens with zero attached hydrogens (tertiary/aromatic N) is 1. The summed E-state index contributed by atoms with van der Waals surface area (Å²) in [6.07, 6.45) is -0.266. The van der Waals surface area contributed by atoms with Crippen LogP contribution in [-0.4, -0.2) is 42.3 Å². The highest BCUT2D eigenvalue weighted by Gasteiger charge is 2.33.